The minimum Gasteiger partial charge on any atom is -0.322 e. The third-order valence-corrected chi connectivity index (χ3v) is 5.62. The van der Waals surface area contributed by atoms with Crippen molar-refractivity contribution >= 4 is 38.2 Å². The zero-order chi connectivity index (χ0) is 20.4. The number of carbonyl (C=O) groups excluding carboxylic acids is 1. The van der Waals surface area contributed by atoms with Crippen LogP contribution in [0, 0.1) is 5.82 Å². The van der Waals surface area contributed by atoms with Crippen molar-refractivity contribution in [1.82, 2.24) is 10.2 Å². The predicted molar refractivity (Wildman–Crippen MR) is 108 cm³/mol. The van der Waals surface area contributed by atoms with Gasteiger partial charge in [-0.2, -0.15) is 5.10 Å². The highest BCUT2D eigenvalue weighted by Gasteiger charge is 2.17. The highest BCUT2D eigenvalue weighted by atomic mass is 32.2. The molecule has 0 fully saturated rings. The molecule has 7 nitrogen and oxygen atoms in total. The standard InChI is InChI=1S/C20H15FN4O3S/c21-17-3-1-2-4-19(17)25-29(27,28)16-8-5-13(6-9-16)20(26)23-15-7-10-18-14(11-15)12-22-24-18/h1-12,25H,(H,22,24)(H,23,26). The average Bonchev–Trinajstić information content (AvgIpc) is 3.17. The molecule has 0 bridgehead atoms. The molecular formula is C20H15FN4O3S. The number of halogens is 1. The molecule has 1 heterocycles. The lowest BCUT2D eigenvalue weighted by atomic mass is 10.2. The number of nitrogens with one attached hydrogen (secondary N) is 3. The lowest BCUT2D eigenvalue weighted by Crippen LogP contribution is -2.15. The molecule has 0 aliphatic rings. The number of amides is 1. The van der Waals surface area contributed by atoms with Gasteiger partial charge >= 0.3 is 0 Å². The van der Waals surface area contributed by atoms with Gasteiger partial charge in [0, 0.05) is 16.6 Å². The maximum absolute atomic E-state index is 13.7. The van der Waals surface area contributed by atoms with Crippen LogP contribution in [0.3, 0.4) is 0 Å². The highest BCUT2D eigenvalue weighted by molar-refractivity contribution is 7.92. The van der Waals surface area contributed by atoms with Gasteiger partial charge in [0.05, 0.1) is 22.3 Å². The predicted octanol–water partition coefficient (Wildman–Crippen LogP) is 3.76. The monoisotopic (exact) mass is 410 g/mol. The van der Waals surface area contributed by atoms with Crippen LogP contribution in [-0.2, 0) is 10.0 Å². The van der Waals surface area contributed by atoms with E-state index in [4.69, 9.17) is 0 Å². The van der Waals surface area contributed by atoms with Gasteiger partial charge in [-0.3, -0.25) is 14.6 Å². The molecule has 1 aromatic heterocycles. The number of aromatic nitrogens is 2. The Labute approximate surface area is 165 Å². The largest absolute Gasteiger partial charge is 0.322 e. The second kappa shape index (κ2) is 7.36. The van der Waals surface area contributed by atoms with Crippen LogP contribution < -0.4 is 10.0 Å². The molecule has 29 heavy (non-hydrogen) atoms. The first kappa shape index (κ1) is 18.6. The molecule has 0 saturated carbocycles. The zero-order valence-electron chi connectivity index (χ0n) is 14.9. The number of sulfonamides is 1. The minimum absolute atomic E-state index is 0.0860. The minimum atomic E-state index is -3.99. The summed E-state index contributed by atoms with van der Waals surface area (Å²) < 4.78 is 40.8. The fourth-order valence-electron chi connectivity index (χ4n) is 2.76. The molecule has 0 aliphatic carbocycles. The summed E-state index contributed by atoms with van der Waals surface area (Å²) in [5.74, 6) is -1.07. The van der Waals surface area contributed by atoms with Crippen molar-refractivity contribution in [1.29, 1.82) is 0 Å². The summed E-state index contributed by atoms with van der Waals surface area (Å²) in [6.45, 7) is 0. The van der Waals surface area contributed by atoms with E-state index in [9.17, 15) is 17.6 Å². The Morgan fingerprint density at radius 2 is 1.76 bits per heavy atom. The second-order valence-electron chi connectivity index (χ2n) is 6.24. The van der Waals surface area contributed by atoms with Crippen LogP contribution in [0.25, 0.3) is 10.9 Å². The first-order chi connectivity index (χ1) is 13.9. The summed E-state index contributed by atoms with van der Waals surface area (Å²) in [6, 6.07) is 16.1. The zero-order valence-corrected chi connectivity index (χ0v) is 15.7. The fourth-order valence-corrected chi connectivity index (χ4v) is 3.82. The number of aromatic amines is 1. The number of rotatable bonds is 5. The van der Waals surface area contributed by atoms with Crippen LogP contribution >= 0.6 is 0 Å². The topological polar surface area (TPSA) is 104 Å². The first-order valence-electron chi connectivity index (χ1n) is 8.54. The summed E-state index contributed by atoms with van der Waals surface area (Å²) in [5, 5.41) is 10.3. The quantitative estimate of drug-likeness (QED) is 0.466. The van der Waals surface area contributed by atoms with Gasteiger partial charge in [0.15, 0.2) is 0 Å². The van der Waals surface area contributed by atoms with Crippen molar-refractivity contribution in [2.75, 3.05) is 10.0 Å². The Morgan fingerprint density at radius 3 is 2.52 bits per heavy atom. The molecule has 0 spiro atoms. The number of anilines is 2. The van der Waals surface area contributed by atoms with Crippen molar-refractivity contribution in [3.8, 4) is 0 Å². The van der Waals surface area contributed by atoms with E-state index < -0.39 is 15.8 Å². The summed E-state index contributed by atoms with van der Waals surface area (Å²) in [6.07, 6.45) is 1.65. The summed E-state index contributed by atoms with van der Waals surface area (Å²) in [5.41, 5.74) is 1.56. The number of hydrogen-bond acceptors (Lipinski definition) is 4. The molecule has 146 valence electrons. The lowest BCUT2D eigenvalue weighted by molar-refractivity contribution is 0.102. The van der Waals surface area contributed by atoms with Gasteiger partial charge in [-0.15, -0.1) is 0 Å². The van der Waals surface area contributed by atoms with Crippen LogP contribution in [0.4, 0.5) is 15.8 Å². The van der Waals surface area contributed by atoms with E-state index in [1.807, 2.05) is 0 Å². The Balaban J connectivity index is 1.50. The second-order valence-corrected chi connectivity index (χ2v) is 7.92. The number of hydrogen-bond donors (Lipinski definition) is 3. The average molecular weight is 410 g/mol. The van der Waals surface area contributed by atoms with Gasteiger partial charge in [0.1, 0.15) is 5.82 Å². The fraction of sp³-hybridized carbons (Fsp3) is 0. The number of fused-ring (bicyclic) bond motifs is 1. The van der Waals surface area contributed by atoms with E-state index in [1.54, 1.807) is 24.4 Å². The van der Waals surface area contributed by atoms with Crippen LogP contribution in [0.15, 0.2) is 77.8 Å². The van der Waals surface area contributed by atoms with Gasteiger partial charge < -0.3 is 5.32 Å². The van der Waals surface area contributed by atoms with Crippen molar-refractivity contribution in [3.63, 3.8) is 0 Å². The summed E-state index contributed by atoms with van der Waals surface area (Å²) in [4.78, 5) is 12.3. The van der Waals surface area contributed by atoms with E-state index in [2.05, 4.69) is 20.2 Å². The number of benzene rings is 3. The Kier molecular flexibility index (Phi) is 4.73. The number of para-hydroxylation sites is 1. The molecule has 4 aromatic rings. The molecule has 3 N–H and O–H groups in total. The van der Waals surface area contributed by atoms with E-state index in [0.717, 1.165) is 17.0 Å². The van der Waals surface area contributed by atoms with Crippen LogP contribution in [0.2, 0.25) is 0 Å². The van der Waals surface area contributed by atoms with Gasteiger partial charge in [-0.05, 0) is 54.6 Å². The smallest absolute Gasteiger partial charge is 0.261 e. The maximum atomic E-state index is 13.7. The maximum Gasteiger partial charge on any atom is 0.261 e. The molecule has 0 atom stereocenters. The molecule has 0 radical (unpaired) electrons. The third-order valence-electron chi connectivity index (χ3n) is 4.24. The van der Waals surface area contributed by atoms with Crippen molar-refractivity contribution in [2.24, 2.45) is 0 Å². The molecule has 3 aromatic carbocycles. The third kappa shape index (κ3) is 3.94. The lowest BCUT2D eigenvalue weighted by Gasteiger charge is -2.10. The van der Waals surface area contributed by atoms with Gasteiger partial charge in [-0.25, -0.2) is 12.8 Å². The van der Waals surface area contributed by atoms with Crippen molar-refractivity contribution < 1.29 is 17.6 Å². The molecule has 0 aliphatic heterocycles. The van der Waals surface area contributed by atoms with E-state index in [1.165, 1.54) is 42.5 Å². The number of nitrogens with zero attached hydrogens (tertiary/aromatic N) is 1. The van der Waals surface area contributed by atoms with Crippen molar-refractivity contribution in [2.45, 2.75) is 4.90 Å². The van der Waals surface area contributed by atoms with Crippen LogP contribution in [0.1, 0.15) is 10.4 Å². The Bertz CT molecular complexity index is 1300. The Morgan fingerprint density at radius 1 is 1.00 bits per heavy atom. The van der Waals surface area contributed by atoms with Gasteiger partial charge in [0.25, 0.3) is 15.9 Å². The van der Waals surface area contributed by atoms with Crippen molar-refractivity contribution in [3.05, 3.63) is 84.3 Å². The van der Waals surface area contributed by atoms with E-state index >= 15 is 0 Å². The molecule has 9 heteroatoms. The number of carbonyl (C=O) groups is 1. The van der Waals surface area contributed by atoms with E-state index in [-0.39, 0.29) is 22.1 Å². The SMILES string of the molecule is O=C(Nc1ccc2[nH]ncc2c1)c1ccc(S(=O)(=O)Nc2ccccc2F)cc1. The van der Waals surface area contributed by atoms with Crippen LogP contribution in [-0.4, -0.2) is 24.5 Å². The molecule has 0 unspecified atom stereocenters. The highest BCUT2D eigenvalue weighted by Crippen LogP contribution is 2.20. The molecule has 0 saturated heterocycles. The summed E-state index contributed by atoms with van der Waals surface area (Å²) >= 11 is 0. The molecule has 4 rings (SSSR count). The molecular weight excluding hydrogens is 395 g/mol. The van der Waals surface area contributed by atoms with Gasteiger partial charge in [0.2, 0.25) is 0 Å². The summed E-state index contributed by atoms with van der Waals surface area (Å²) in [7, 11) is -3.99. The normalized spacial score (nSPS) is 11.3. The van der Waals surface area contributed by atoms with Gasteiger partial charge in [-0.1, -0.05) is 12.1 Å². The first-order valence-corrected chi connectivity index (χ1v) is 10.0. The Hall–Kier alpha value is -3.72. The number of H-pyrrole nitrogens is 1. The molecule has 1 amide bonds. The van der Waals surface area contributed by atoms with E-state index in [0.29, 0.717) is 5.69 Å². The van der Waals surface area contributed by atoms with Crippen LogP contribution in [0.5, 0.6) is 0 Å².